The van der Waals surface area contributed by atoms with Crippen LogP contribution < -0.4 is 5.73 Å². The van der Waals surface area contributed by atoms with E-state index in [-0.39, 0.29) is 0 Å². The highest BCUT2D eigenvalue weighted by Crippen LogP contribution is 2.40. The highest BCUT2D eigenvalue weighted by atomic mass is 32.2. The molecular formula is C29H26N2S2. The van der Waals surface area contributed by atoms with E-state index in [0.29, 0.717) is 0 Å². The van der Waals surface area contributed by atoms with Gasteiger partial charge in [0.2, 0.25) is 0 Å². The summed E-state index contributed by atoms with van der Waals surface area (Å²) >= 11 is 3.56. The molecule has 0 saturated heterocycles. The molecule has 2 aromatic heterocycles. The van der Waals surface area contributed by atoms with Crippen LogP contribution in [0.3, 0.4) is 0 Å². The van der Waals surface area contributed by atoms with Crippen molar-refractivity contribution in [1.82, 2.24) is 4.98 Å². The van der Waals surface area contributed by atoms with E-state index in [2.05, 4.69) is 103 Å². The monoisotopic (exact) mass is 466 g/mol. The highest BCUT2D eigenvalue weighted by molar-refractivity contribution is 8.01. The van der Waals surface area contributed by atoms with Crippen molar-refractivity contribution in [3.8, 4) is 11.3 Å². The van der Waals surface area contributed by atoms with E-state index >= 15 is 0 Å². The molecule has 0 aliphatic carbocycles. The molecule has 3 aromatic rings. The predicted molar refractivity (Wildman–Crippen MR) is 146 cm³/mol. The van der Waals surface area contributed by atoms with Crippen LogP contribution in [0.5, 0.6) is 0 Å². The Kier molecular flexibility index (Phi) is 13.9. The molecule has 0 spiro atoms. The van der Waals surface area contributed by atoms with Crippen LogP contribution >= 0.6 is 23.1 Å². The number of thioether (sulfide) groups is 1. The number of pyridine rings is 1. The van der Waals surface area contributed by atoms with Crippen molar-refractivity contribution < 1.29 is 0 Å². The molecule has 0 aliphatic rings. The zero-order valence-corrected chi connectivity index (χ0v) is 20.5. The number of nitrogen functional groups attached to an aromatic ring is 1. The van der Waals surface area contributed by atoms with E-state index < -0.39 is 0 Å². The van der Waals surface area contributed by atoms with Crippen LogP contribution in [0.25, 0.3) is 21.5 Å². The molecule has 164 valence electrons. The Hall–Kier alpha value is -3.80. The molecule has 0 unspecified atom stereocenters. The lowest BCUT2D eigenvalue weighted by Gasteiger charge is -2.00. The van der Waals surface area contributed by atoms with E-state index in [1.165, 1.54) is 17.1 Å². The number of hydrogen-bond acceptors (Lipinski definition) is 4. The molecule has 4 heteroatoms. The molecule has 33 heavy (non-hydrogen) atoms. The maximum absolute atomic E-state index is 6.26. The van der Waals surface area contributed by atoms with Crippen LogP contribution in [0.4, 0.5) is 5.69 Å². The van der Waals surface area contributed by atoms with Crippen molar-refractivity contribution in [2.75, 3.05) is 11.5 Å². The fourth-order valence-electron chi connectivity index (χ4n) is 2.34. The second-order valence-corrected chi connectivity index (χ2v) is 8.49. The number of benzene rings is 1. The second-order valence-electron chi connectivity index (χ2n) is 6.13. The van der Waals surface area contributed by atoms with Gasteiger partial charge in [0.05, 0.1) is 15.6 Å². The first-order valence-corrected chi connectivity index (χ1v) is 11.9. The summed E-state index contributed by atoms with van der Waals surface area (Å²) in [7, 11) is 0. The first kappa shape index (κ1) is 27.2. The number of aromatic nitrogens is 1. The van der Waals surface area contributed by atoms with Crippen molar-refractivity contribution in [2.45, 2.75) is 24.0 Å². The van der Waals surface area contributed by atoms with Gasteiger partial charge >= 0.3 is 0 Å². The van der Waals surface area contributed by atoms with E-state index in [0.717, 1.165) is 32.9 Å². The lowest BCUT2D eigenvalue weighted by molar-refractivity contribution is 0.897. The summed E-state index contributed by atoms with van der Waals surface area (Å²) in [5, 5.41) is 1.08. The lowest BCUT2D eigenvalue weighted by Crippen LogP contribution is -1.86. The minimum absolute atomic E-state index is 0.892. The van der Waals surface area contributed by atoms with Gasteiger partial charge in [-0.15, -0.1) is 23.1 Å². The van der Waals surface area contributed by atoms with Crippen LogP contribution in [0.2, 0.25) is 0 Å². The second kappa shape index (κ2) is 16.8. The van der Waals surface area contributed by atoms with Gasteiger partial charge in [-0.3, -0.25) is 0 Å². The molecule has 1 aromatic carbocycles. The van der Waals surface area contributed by atoms with Gasteiger partial charge in [0, 0.05) is 10.9 Å². The number of nitrogens with zero attached hydrogens (tertiary/aromatic N) is 1. The third-order valence-electron chi connectivity index (χ3n) is 3.84. The molecule has 0 amide bonds. The van der Waals surface area contributed by atoms with Crippen molar-refractivity contribution in [3.63, 3.8) is 0 Å². The topological polar surface area (TPSA) is 38.9 Å². The highest BCUT2D eigenvalue weighted by Gasteiger charge is 2.11. The van der Waals surface area contributed by atoms with E-state index in [4.69, 9.17) is 10.7 Å². The number of thiophene rings is 1. The SMILES string of the molecule is C=C=C=C=C=C.C=C=C=C=C=C.CCCCSc1sc2nc(-c3ccccc3)ccc2c1N. The number of anilines is 1. The number of unbranched alkanes of at least 4 members (excludes halogenated alkanes) is 1. The summed E-state index contributed by atoms with van der Waals surface area (Å²) in [6.07, 6.45) is 2.44. The quantitative estimate of drug-likeness (QED) is 0.233. The zero-order chi connectivity index (χ0) is 24.3. The third kappa shape index (κ3) is 9.91. The van der Waals surface area contributed by atoms with Crippen LogP contribution in [-0.2, 0) is 0 Å². The Labute approximate surface area is 204 Å². The molecule has 0 bridgehead atoms. The fraction of sp³-hybridized carbons (Fsp3) is 0.138. The average Bonchev–Trinajstić information content (AvgIpc) is 3.17. The summed E-state index contributed by atoms with van der Waals surface area (Å²) < 4.78 is 1.20. The molecule has 0 saturated carbocycles. The van der Waals surface area contributed by atoms with Crippen LogP contribution in [0, 0.1) is 0 Å². The Morgan fingerprint density at radius 3 is 1.97 bits per heavy atom. The molecule has 0 atom stereocenters. The molecule has 2 heterocycles. The summed E-state index contributed by atoms with van der Waals surface area (Å²) in [6.45, 7) is 15.1. The summed E-state index contributed by atoms with van der Waals surface area (Å²) in [6, 6.07) is 14.4. The normalized spacial score (nSPS) is 8.27. The summed E-state index contributed by atoms with van der Waals surface area (Å²) in [5.74, 6) is 1.12. The average molecular weight is 467 g/mol. The molecule has 2 N–H and O–H groups in total. The third-order valence-corrected chi connectivity index (χ3v) is 6.33. The van der Waals surface area contributed by atoms with E-state index in [1.54, 1.807) is 11.3 Å². The maximum Gasteiger partial charge on any atom is 0.127 e. The first-order chi connectivity index (χ1) is 16.1. The van der Waals surface area contributed by atoms with Crippen molar-refractivity contribution in [3.05, 3.63) is 115 Å². The smallest absolute Gasteiger partial charge is 0.127 e. The van der Waals surface area contributed by atoms with Crippen LogP contribution in [0.15, 0.2) is 119 Å². The molecule has 0 aliphatic heterocycles. The van der Waals surface area contributed by atoms with E-state index in [1.807, 2.05) is 30.0 Å². The number of fused-ring (bicyclic) bond motifs is 1. The van der Waals surface area contributed by atoms with Crippen molar-refractivity contribution in [1.29, 1.82) is 0 Å². The van der Waals surface area contributed by atoms with Gasteiger partial charge in [0.1, 0.15) is 4.83 Å². The predicted octanol–water partition coefficient (Wildman–Crippen LogP) is 8.28. The number of nitrogens with two attached hydrogens (primary N) is 1. The maximum atomic E-state index is 6.26. The van der Waals surface area contributed by atoms with Crippen LogP contribution in [0.1, 0.15) is 19.8 Å². The molecular weight excluding hydrogens is 440 g/mol. The Balaban J connectivity index is 0.000000377. The molecule has 3 rings (SSSR count). The van der Waals surface area contributed by atoms with Gasteiger partial charge in [0.25, 0.3) is 0 Å². The fourth-order valence-corrected chi connectivity index (χ4v) is 4.77. The van der Waals surface area contributed by atoms with Crippen molar-refractivity contribution >= 4 is 39.0 Å². The van der Waals surface area contributed by atoms with Crippen LogP contribution in [-0.4, -0.2) is 10.7 Å². The van der Waals surface area contributed by atoms with Gasteiger partial charge < -0.3 is 5.73 Å². The number of hydrogen-bond donors (Lipinski definition) is 1. The zero-order valence-electron chi connectivity index (χ0n) is 18.8. The lowest BCUT2D eigenvalue weighted by atomic mass is 10.1. The minimum Gasteiger partial charge on any atom is -0.397 e. The molecule has 0 radical (unpaired) electrons. The number of rotatable bonds is 5. The summed E-state index contributed by atoms with van der Waals surface area (Å²) in [4.78, 5) is 5.82. The molecule has 2 nitrogen and oxygen atoms in total. The standard InChI is InChI=1S/C17H18N2S2.2C6H4/c1-2-3-11-20-17-15(18)13-9-10-14(19-16(13)21-17)12-7-5-4-6-8-12;2*1-3-5-6-4-2/h4-10H,2-3,11,18H2,1H3;2*1-2H2. The van der Waals surface area contributed by atoms with Gasteiger partial charge in [0.15, 0.2) is 0 Å². The largest absolute Gasteiger partial charge is 0.397 e. The van der Waals surface area contributed by atoms with Crippen molar-refractivity contribution in [2.24, 2.45) is 0 Å². The van der Waals surface area contributed by atoms with Gasteiger partial charge in [-0.2, -0.15) is 0 Å². The van der Waals surface area contributed by atoms with Gasteiger partial charge in [-0.05, 0) is 73.5 Å². The first-order valence-electron chi connectivity index (χ1n) is 10.1. The van der Waals surface area contributed by atoms with Gasteiger partial charge in [-0.1, -0.05) is 66.6 Å². The Morgan fingerprint density at radius 1 is 0.879 bits per heavy atom. The van der Waals surface area contributed by atoms with Gasteiger partial charge in [-0.25, -0.2) is 4.98 Å². The van der Waals surface area contributed by atoms with E-state index in [9.17, 15) is 0 Å². The Morgan fingerprint density at radius 2 is 1.45 bits per heavy atom. The molecule has 0 fully saturated rings. The summed E-state index contributed by atoms with van der Waals surface area (Å²) in [5.41, 5.74) is 28.4. The minimum atomic E-state index is 0.892. The Bertz CT molecular complexity index is 1250.